The summed E-state index contributed by atoms with van der Waals surface area (Å²) in [5, 5.41) is 2.83. The number of hydrogen-bond acceptors (Lipinski definition) is 5. The molecule has 7 nitrogen and oxygen atoms in total. The molecular weight excluding hydrogens is 384 g/mol. The largest absolute Gasteiger partial charge is 0.493 e. The van der Waals surface area contributed by atoms with Crippen LogP contribution in [0, 0.1) is 5.92 Å². The van der Waals surface area contributed by atoms with E-state index in [1.807, 2.05) is 25.1 Å². The fraction of sp³-hybridized carbons (Fsp3) is 0.348. The molecular formula is C23H26N2O5. The zero-order valence-electron chi connectivity index (χ0n) is 17.6. The highest BCUT2D eigenvalue weighted by atomic mass is 16.5. The number of ether oxygens (including phenoxy) is 2. The first kappa shape index (κ1) is 21.4. The van der Waals surface area contributed by atoms with Crippen molar-refractivity contribution < 1.29 is 23.9 Å². The second-order valence-electron chi connectivity index (χ2n) is 7.65. The standard InChI is InChI=1S/C23H26N2O5/c1-14(2)13-30-19-10-9-16(11-20(19)29-4)15(3)24-21(26)12-25-22(27)17-7-5-6-8-18(17)23(25)28/h5-11,14-15H,12-13H2,1-4H3,(H,24,26)/t15-/m0/s1. The Kier molecular flexibility index (Phi) is 6.40. The molecule has 0 spiro atoms. The van der Waals surface area contributed by atoms with E-state index in [-0.39, 0.29) is 12.6 Å². The molecule has 0 unspecified atom stereocenters. The molecule has 158 valence electrons. The minimum absolute atomic E-state index is 0.324. The predicted octanol–water partition coefficient (Wildman–Crippen LogP) is 3.20. The first-order valence-electron chi connectivity index (χ1n) is 9.87. The van der Waals surface area contributed by atoms with Crippen LogP contribution in [0.2, 0.25) is 0 Å². The van der Waals surface area contributed by atoms with E-state index in [2.05, 4.69) is 19.2 Å². The van der Waals surface area contributed by atoms with E-state index in [0.717, 1.165) is 10.5 Å². The third-order valence-electron chi connectivity index (χ3n) is 4.82. The highest BCUT2D eigenvalue weighted by Crippen LogP contribution is 2.30. The Morgan fingerprint density at radius 1 is 1.00 bits per heavy atom. The minimum atomic E-state index is -0.452. The molecule has 3 amide bonds. The molecule has 1 N–H and O–H groups in total. The van der Waals surface area contributed by atoms with Crippen LogP contribution in [0.1, 0.15) is 53.1 Å². The normalized spacial score (nSPS) is 14.0. The summed E-state index contributed by atoms with van der Waals surface area (Å²) in [5.41, 5.74) is 1.47. The molecule has 0 saturated heterocycles. The summed E-state index contributed by atoms with van der Waals surface area (Å²) >= 11 is 0. The number of nitrogens with zero attached hydrogens (tertiary/aromatic N) is 1. The predicted molar refractivity (Wildman–Crippen MR) is 112 cm³/mol. The number of rotatable bonds is 8. The summed E-state index contributed by atoms with van der Waals surface area (Å²) in [5.74, 6) is 0.276. The zero-order chi connectivity index (χ0) is 21.8. The Morgan fingerprint density at radius 3 is 2.20 bits per heavy atom. The molecule has 1 aliphatic rings. The number of imide groups is 1. The van der Waals surface area contributed by atoms with Gasteiger partial charge in [-0.3, -0.25) is 19.3 Å². The van der Waals surface area contributed by atoms with Crippen LogP contribution < -0.4 is 14.8 Å². The van der Waals surface area contributed by atoms with Crippen LogP contribution in [-0.2, 0) is 4.79 Å². The van der Waals surface area contributed by atoms with Gasteiger partial charge < -0.3 is 14.8 Å². The molecule has 2 aromatic rings. The van der Waals surface area contributed by atoms with Crippen molar-refractivity contribution >= 4 is 17.7 Å². The number of nitrogens with one attached hydrogen (secondary N) is 1. The van der Waals surface area contributed by atoms with Gasteiger partial charge in [-0.05, 0) is 42.7 Å². The molecule has 1 heterocycles. The van der Waals surface area contributed by atoms with E-state index in [0.29, 0.717) is 35.2 Å². The van der Waals surface area contributed by atoms with Gasteiger partial charge in [0, 0.05) is 0 Å². The van der Waals surface area contributed by atoms with Crippen LogP contribution in [0.25, 0.3) is 0 Å². The third-order valence-corrected chi connectivity index (χ3v) is 4.82. The quantitative estimate of drug-likeness (QED) is 0.676. The van der Waals surface area contributed by atoms with Crippen molar-refractivity contribution in [1.82, 2.24) is 10.2 Å². The summed E-state index contributed by atoms with van der Waals surface area (Å²) in [4.78, 5) is 38.3. The fourth-order valence-electron chi connectivity index (χ4n) is 3.23. The van der Waals surface area contributed by atoms with Gasteiger partial charge in [-0.2, -0.15) is 0 Å². The van der Waals surface area contributed by atoms with Gasteiger partial charge in [0.25, 0.3) is 11.8 Å². The molecule has 1 aliphatic heterocycles. The second-order valence-corrected chi connectivity index (χ2v) is 7.65. The molecule has 1 atom stereocenters. The Balaban J connectivity index is 1.65. The van der Waals surface area contributed by atoms with E-state index in [9.17, 15) is 14.4 Å². The van der Waals surface area contributed by atoms with E-state index in [1.165, 1.54) is 0 Å². The second kappa shape index (κ2) is 8.98. The lowest BCUT2D eigenvalue weighted by Gasteiger charge is -2.19. The summed E-state index contributed by atoms with van der Waals surface area (Å²) in [6.45, 7) is 6.19. The van der Waals surface area contributed by atoms with Crippen molar-refractivity contribution in [3.63, 3.8) is 0 Å². The van der Waals surface area contributed by atoms with E-state index in [1.54, 1.807) is 31.4 Å². The van der Waals surface area contributed by atoms with Crippen molar-refractivity contribution in [3.8, 4) is 11.5 Å². The van der Waals surface area contributed by atoms with Crippen molar-refractivity contribution in [2.24, 2.45) is 5.92 Å². The number of amides is 3. The molecule has 0 radical (unpaired) electrons. The van der Waals surface area contributed by atoms with Crippen LogP contribution >= 0.6 is 0 Å². The molecule has 2 aromatic carbocycles. The van der Waals surface area contributed by atoms with E-state index in [4.69, 9.17) is 9.47 Å². The Bertz CT molecular complexity index is 935. The van der Waals surface area contributed by atoms with Crippen molar-refractivity contribution in [2.45, 2.75) is 26.8 Å². The van der Waals surface area contributed by atoms with Gasteiger partial charge in [0.05, 0.1) is 30.9 Å². The molecule has 0 bridgehead atoms. The maximum Gasteiger partial charge on any atom is 0.262 e. The van der Waals surface area contributed by atoms with Gasteiger partial charge in [0.2, 0.25) is 5.91 Å². The first-order valence-corrected chi connectivity index (χ1v) is 9.87. The molecule has 0 aliphatic carbocycles. The van der Waals surface area contributed by atoms with Crippen LogP contribution in [-0.4, -0.2) is 42.9 Å². The summed E-state index contributed by atoms with van der Waals surface area (Å²) in [7, 11) is 1.56. The number of carbonyl (C=O) groups excluding carboxylic acids is 3. The zero-order valence-corrected chi connectivity index (χ0v) is 17.6. The SMILES string of the molecule is COc1cc([C@H](C)NC(=O)CN2C(=O)c3ccccc3C2=O)ccc1OCC(C)C. The lowest BCUT2D eigenvalue weighted by molar-refractivity contribution is -0.122. The van der Waals surface area contributed by atoms with Gasteiger partial charge in [0.1, 0.15) is 6.54 Å². The summed E-state index contributed by atoms with van der Waals surface area (Å²) in [6, 6.07) is 11.7. The van der Waals surface area contributed by atoms with Gasteiger partial charge in [-0.25, -0.2) is 0 Å². The van der Waals surface area contributed by atoms with Crippen molar-refractivity contribution in [3.05, 3.63) is 59.2 Å². The molecule has 0 saturated carbocycles. The number of carbonyl (C=O) groups is 3. The van der Waals surface area contributed by atoms with Crippen molar-refractivity contribution in [1.29, 1.82) is 0 Å². The smallest absolute Gasteiger partial charge is 0.262 e. The highest BCUT2D eigenvalue weighted by molar-refractivity contribution is 6.22. The molecule has 0 fully saturated rings. The lowest BCUT2D eigenvalue weighted by atomic mass is 10.1. The fourth-order valence-corrected chi connectivity index (χ4v) is 3.23. The number of hydrogen-bond donors (Lipinski definition) is 1. The maximum atomic E-state index is 12.5. The molecule has 3 rings (SSSR count). The van der Waals surface area contributed by atoms with Gasteiger partial charge >= 0.3 is 0 Å². The van der Waals surface area contributed by atoms with E-state index >= 15 is 0 Å². The number of fused-ring (bicyclic) bond motifs is 1. The molecule has 0 aromatic heterocycles. The third kappa shape index (κ3) is 4.45. The molecule has 7 heteroatoms. The Morgan fingerprint density at radius 2 is 1.63 bits per heavy atom. The van der Waals surface area contributed by atoms with Crippen LogP contribution in [0.3, 0.4) is 0 Å². The Labute approximate surface area is 176 Å². The summed E-state index contributed by atoms with van der Waals surface area (Å²) < 4.78 is 11.2. The highest BCUT2D eigenvalue weighted by Gasteiger charge is 2.36. The Hall–Kier alpha value is -3.35. The van der Waals surface area contributed by atoms with Crippen LogP contribution in [0.5, 0.6) is 11.5 Å². The maximum absolute atomic E-state index is 12.5. The average Bonchev–Trinajstić information content (AvgIpc) is 2.97. The monoisotopic (exact) mass is 410 g/mol. The number of benzene rings is 2. The average molecular weight is 410 g/mol. The lowest BCUT2D eigenvalue weighted by Crippen LogP contribution is -2.41. The van der Waals surface area contributed by atoms with Gasteiger partial charge in [-0.15, -0.1) is 0 Å². The van der Waals surface area contributed by atoms with Gasteiger partial charge in [-0.1, -0.05) is 32.0 Å². The number of methoxy groups -OCH3 is 1. The first-order chi connectivity index (χ1) is 14.3. The van der Waals surface area contributed by atoms with Crippen molar-refractivity contribution in [2.75, 3.05) is 20.3 Å². The molecule has 30 heavy (non-hydrogen) atoms. The van der Waals surface area contributed by atoms with Crippen LogP contribution in [0.15, 0.2) is 42.5 Å². The summed E-state index contributed by atoms with van der Waals surface area (Å²) in [6.07, 6.45) is 0. The van der Waals surface area contributed by atoms with E-state index < -0.39 is 17.7 Å². The topological polar surface area (TPSA) is 84.9 Å². The minimum Gasteiger partial charge on any atom is -0.493 e. The van der Waals surface area contributed by atoms with Gasteiger partial charge in [0.15, 0.2) is 11.5 Å². The van der Waals surface area contributed by atoms with Crippen LogP contribution in [0.4, 0.5) is 0 Å².